The zero-order valence-electron chi connectivity index (χ0n) is 17.5. The first-order valence-corrected chi connectivity index (χ1v) is 10.5. The van der Waals surface area contributed by atoms with Crippen LogP contribution in [0.15, 0.2) is 52.1 Å². The van der Waals surface area contributed by atoms with Gasteiger partial charge in [-0.3, -0.25) is 9.79 Å². The molecule has 0 radical (unpaired) electrons. The smallest absolute Gasteiger partial charge is 0.287 e. The third-order valence-corrected chi connectivity index (χ3v) is 5.58. The Morgan fingerprint density at radius 1 is 1.10 bits per heavy atom. The number of hydrogen-bond donors (Lipinski definition) is 3. The van der Waals surface area contributed by atoms with Crippen LogP contribution in [0.25, 0.3) is 0 Å². The molecular formula is C23H32N4O2. The van der Waals surface area contributed by atoms with E-state index in [1.54, 1.807) is 6.07 Å². The van der Waals surface area contributed by atoms with Crippen molar-refractivity contribution in [2.45, 2.75) is 44.9 Å². The van der Waals surface area contributed by atoms with Crippen LogP contribution < -0.4 is 16.0 Å². The van der Waals surface area contributed by atoms with Crippen molar-refractivity contribution in [3.8, 4) is 0 Å². The van der Waals surface area contributed by atoms with Gasteiger partial charge in [-0.05, 0) is 44.7 Å². The number of amides is 1. The Bertz CT molecular complexity index is 809. The van der Waals surface area contributed by atoms with E-state index in [1.165, 1.54) is 31.1 Å². The lowest BCUT2D eigenvalue weighted by Crippen LogP contribution is -2.42. The highest BCUT2D eigenvalue weighted by atomic mass is 16.3. The molecular weight excluding hydrogens is 364 g/mol. The molecule has 0 aliphatic heterocycles. The molecule has 0 spiro atoms. The fraction of sp³-hybridized carbons (Fsp3) is 0.478. The van der Waals surface area contributed by atoms with Crippen LogP contribution in [0.4, 0.5) is 0 Å². The first kappa shape index (κ1) is 21.0. The Labute approximate surface area is 173 Å². The average Bonchev–Trinajstić information content (AvgIpc) is 3.13. The highest BCUT2D eigenvalue weighted by Gasteiger charge is 2.38. The van der Waals surface area contributed by atoms with Crippen LogP contribution in [0, 0.1) is 6.92 Å². The van der Waals surface area contributed by atoms with Crippen molar-refractivity contribution in [2.24, 2.45) is 4.99 Å². The second kappa shape index (κ2) is 10.1. The molecule has 1 heterocycles. The molecule has 156 valence electrons. The molecule has 3 N–H and O–H groups in total. The number of guanidine groups is 1. The van der Waals surface area contributed by atoms with Crippen molar-refractivity contribution in [2.75, 3.05) is 26.2 Å². The minimum absolute atomic E-state index is 0.164. The van der Waals surface area contributed by atoms with Crippen molar-refractivity contribution in [1.29, 1.82) is 0 Å². The van der Waals surface area contributed by atoms with Gasteiger partial charge in [0.05, 0.1) is 12.8 Å². The lowest BCUT2D eigenvalue weighted by Gasteiger charge is -2.41. The molecule has 1 amide bonds. The minimum Gasteiger partial charge on any atom is -0.459 e. The molecule has 2 aromatic rings. The Morgan fingerprint density at radius 3 is 2.48 bits per heavy atom. The third-order valence-electron chi connectivity index (χ3n) is 5.58. The summed E-state index contributed by atoms with van der Waals surface area (Å²) in [6.07, 6.45) is 5.99. The maximum absolute atomic E-state index is 12.1. The van der Waals surface area contributed by atoms with Crippen LogP contribution in [0.1, 0.15) is 54.3 Å². The minimum atomic E-state index is -0.164. The highest BCUT2D eigenvalue weighted by molar-refractivity contribution is 5.92. The van der Waals surface area contributed by atoms with Crippen molar-refractivity contribution < 1.29 is 9.21 Å². The number of nitrogens with zero attached hydrogens (tertiary/aromatic N) is 1. The number of aliphatic imine (C=N–C) groups is 1. The van der Waals surface area contributed by atoms with Gasteiger partial charge < -0.3 is 20.4 Å². The fourth-order valence-corrected chi connectivity index (χ4v) is 3.69. The van der Waals surface area contributed by atoms with Gasteiger partial charge in [-0.15, -0.1) is 0 Å². The first-order valence-electron chi connectivity index (χ1n) is 10.5. The van der Waals surface area contributed by atoms with Crippen molar-refractivity contribution in [3.63, 3.8) is 0 Å². The summed E-state index contributed by atoms with van der Waals surface area (Å²) in [6.45, 7) is 6.86. The number of carbonyl (C=O) groups excluding carboxylic acids is 1. The maximum atomic E-state index is 12.1. The highest BCUT2D eigenvalue weighted by Crippen LogP contribution is 2.43. The van der Waals surface area contributed by atoms with Crippen LogP contribution in [-0.2, 0) is 5.41 Å². The molecule has 0 unspecified atom stereocenters. The zero-order valence-corrected chi connectivity index (χ0v) is 17.5. The summed E-state index contributed by atoms with van der Waals surface area (Å²) in [5.41, 5.74) is 2.42. The summed E-state index contributed by atoms with van der Waals surface area (Å²) in [6, 6.07) is 12.5. The van der Waals surface area contributed by atoms with Crippen LogP contribution in [-0.4, -0.2) is 38.0 Å². The van der Waals surface area contributed by atoms with Gasteiger partial charge in [-0.2, -0.15) is 0 Å². The number of furan rings is 1. The SMILES string of the molecule is CCNC(=NCC1(c2ccccc2)CCC1)NCCCNC(=O)c1occc1C. The molecule has 29 heavy (non-hydrogen) atoms. The van der Waals surface area contributed by atoms with Crippen LogP contribution in [0.3, 0.4) is 0 Å². The van der Waals surface area contributed by atoms with E-state index < -0.39 is 0 Å². The van der Waals surface area contributed by atoms with Gasteiger partial charge in [-0.1, -0.05) is 36.8 Å². The summed E-state index contributed by atoms with van der Waals surface area (Å²) < 4.78 is 5.21. The quantitative estimate of drug-likeness (QED) is 0.345. The molecule has 1 aromatic heterocycles. The molecule has 1 saturated carbocycles. The molecule has 3 rings (SSSR count). The topological polar surface area (TPSA) is 78.7 Å². The van der Waals surface area contributed by atoms with E-state index in [0.717, 1.165) is 37.6 Å². The summed E-state index contributed by atoms with van der Waals surface area (Å²) in [5.74, 6) is 1.06. The van der Waals surface area contributed by atoms with Crippen LogP contribution in [0.5, 0.6) is 0 Å². The Kier molecular flexibility index (Phi) is 7.33. The van der Waals surface area contributed by atoms with Gasteiger partial charge in [-0.25, -0.2) is 0 Å². The monoisotopic (exact) mass is 396 g/mol. The Morgan fingerprint density at radius 2 is 1.86 bits per heavy atom. The lowest BCUT2D eigenvalue weighted by molar-refractivity contribution is 0.0925. The lowest BCUT2D eigenvalue weighted by atomic mass is 9.64. The number of rotatable bonds is 9. The number of carbonyl (C=O) groups is 1. The molecule has 1 aromatic carbocycles. The number of nitrogens with one attached hydrogen (secondary N) is 3. The first-order chi connectivity index (χ1) is 14.1. The van der Waals surface area contributed by atoms with Gasteiger partial charge in [0.2, 0.25) is 0 Å². The van der Waals surface area contributed by atoms with Gasteiger partial charge in [0.1, 0.15) is 0 Å². The summed E-state index contributed by atoms with van der Waals surface area (Å²) in [7, 11) is 0. The van der Waals surface area contributed by atoms with E-state index in [2.05, 4.69) is 53.2 Å². The van der Waals surface area contributed by atoms with E-state index in [4.69, 9.17) is 9.41 Å². The fourth-order valence-electron chi connectivity index (χ4n) is 3.69. The van der Waals surface area contributed by atoms with Crippen molar-refractivity contribution in [3.05, 3.63) is 59.5 Å². The summed E-state index contributed by atoms with van der Waals surface area (Å²) in [4.78, 5) is 16.9. The van der Waals surface area contributed by atoms with E-state index in [-0.39, 0.29) is 11.3 Å². The Hall–Kier alpha value is -2.76. The standard InChI is InChI=1S/C23H32N4O2/c1-3-24-22(26-15-8-14-25-21(28)20-18(2)11-16-29-20)27-17-23(12-7-13-23)19-9-5-4-6-10-19/h4-6,9-11,16H,3,7-8,12-15,17H2,1-2H3,(H,25,28)(H2,24,26,27). The predicted octanol–water partition coefficient (Wildman–Crippen LogP) is 3.38. The molecule has 6 nitrogen and oxygen atoms in total. The van der Waals surface area contributed by atoms with Crippen molar-refractivity contribution in [1.82, 2.24) is 16.0 Å². The molecule has 6 heteroatoms. The largest absolute Gasteiger partial charge is 0.459 e. The second-order valence-corrected chi connectivity index (χ2v) is 7.66. The van der Waals surface area contributed by atoms with Gasteiger partial charge >= 0.3 is 0 Å². The van der Waals surface area contributed by atoms with Gasteiger partial charge in [0.15, 0.2) is 11.7 Å². The van der Waals surface area contributed by atoms with E-state index in [1.807, 2.05) is 6.92 Å². The Balaban J connectivity index is 1.46. The van der Waals surface area contributed by atoms with E-state index in [0.29, 0.717) is 12.3 Å². The molecule has 0 atom stereocenters. The normalized spacial score (nSPS) is 15.4. The number of hydrogen-bond acceptors (Lipinski definition) is 3. The summed E-state index contributed by atoms with van der Waals surface area (Å²) in [5, 5.41) is 9.59. The van der Waals surface area contributed by atoms with E-state index >= 15 is 0 Å². The second-order valence-electron chi connectivity index (χ2n) is 7.66. The van der Waals surface area contributed by atoms with Gasteiger partial charge in [0, 0.05) is 30.6 Å². The van der Waals surface area contributed by atoms with Crippen molar-refractivity contribution >= 4 is 11.9 Å². The molecule has 1 aliphatic rings. The zero-order chi connectivity index (χ0) is 20.5. The number of aryl methyl sites for hydroxylation is 1. The number of benzene rings is 1. The van der Waals surface area contributed by atoms with Crippen LogP contribution in [0.2, 0.25) is 0 Å². The predicted molar refractivity (Wildman–Crippen MR) is 116 cm³/mol. The molecule has 0 saturated heterocycles. The summed E-state index contributed by atoms with van der Waals surface area (Å²) >= 11 is 0. The van der Waals surface area contributed by atoms with Crippen LogP contribution >= 0.6 is 0 Å². The molecule has 0 bridgehead atoms. The third kappa shape index (κ3) is 5.40. The molecule has 1 fully saturated rings. The van der Waals surface area contributed by atoms with E-state index in [9.17, 15) is 4.79 Å². The maximum Gasteiger partial charge on any atom is 0.287 e. The average molecular weight is 397 g/mol. The molecule has 1 aliphatic carbocycles. The van der Waals surface area contributed by atoms with Gasteiger partial charge in [0.25, 0.3) is 5.91 Å².